The first kappa shape index (κ1) is 38.2. The molecule has 8 N–H and O–H groups in total. The lowest BCUT2D eigenvalue weighted by Crippen LogP contribution is -2.40. The first-order valence-electron chi connectivity index (χ1n) is 19.6. The number of carbonyl (C=O) groups is 4. The Hall–Kier alpha value is -7.28. The van der Waals surface area contributed by atoms with Gasteiger partial charge in [-0.15, -0.1) is 0 Å². The Morgan fingerprint density at radius 1 is 0.317 bits per heavy atom. The van der Waals surface area contributed by atoms with Crippen molar-refractivity contribution in [3.63, 3.8) is 0 Å². The van der Waals surface area contributed by atoms with Crippen molar-refractivity contribution in [2.45, 2.75) is 47.8 Å². The molecule has 12 nitrogen and oxygen atoms in total. The first-order valence-corrected chi connectivity index (χ1v) is 19.6. The largest absolute Gasteiger partial charge is 0.478 e. The maximum absolute atomic E-state index is 11.9. The van der Waals surface area contributed by atoms with E-state index >= 15 is 0 Å². The predicted octanol–water partition coefficient (Wildman–Crippen LogP) is 7.17. The van der Waals surface area contributed by atoms with Gasteiger partial charge in [-0.25, -0.2) is 19.2 Å². The van der Waals surface area contributed by atoms with Crippen molar-refractivity contribution in [1.82, 2.24) is 20.6 Å². The number of hydrogen-bond acceptors (Lipinski definition) is 6. The maximum atomic E-state index is 11.9. The lowest BCUT2D eigenvalue weighted by Gasteiger charge is -2.30. The van der Waals surface area contributed by atoms with Crippen LogP contribution in [0, 0.1) is 0 Å². The summed E-state index contributed by atoms with van der Waals surface area (Å²) in [4.78, 5) is 55.0. The van der Waals surface area contributed by atoms with Gasteiger partial charge in [0, 0.05) is 70.6 Å². The van der Waals surface area contributed by atoms with Crippen LogP contribution in [-0.4, -0.2) is 78.4 Å². The summed E-state index contributed by atoms with van der Waals surface area (Å²) in [5.74, 6) is -5.25. The third kappa shape index (κ3) is 7.12. The normalized spacial score (nSPS) is 24.3. The second kappa shape index (κ2) is 15.5. The van der Waals surface area contributed by atoms with Gasteiger partial charge in [-0.2, -0.15) is 0 Å². The molecule has 8 unspecified atom stereocenters. The lowest BCUT2D eigenvalue weighted by molar-refractivity contribution is 0.0686. The highest BCUT2D eigenvalue weighted by atomic mass is 16.4. The van der Waals surface area contributed by atoms with E-state index < -0.39 is 23.9 Å². The van der Waals surface area contributed by atoms with E-state index in [-0.39, 0.29) is 70.1 Å². The van der Waals surface area contributed by atoms with Crippen molar-refractivity contribution in [1.29, 1.82) is 0 Å². The van der Waals surface area contributed by atoms with Crippen LogP contribution < -0.4 is 10.6 Å². The van der Waals surface area contributed by atoms with Crippen LogP contribution in [0.5, 0.6) is 0 Å². The van der Waals surface area contributed by atoms with Crippen molar-refractivity contribution in [3.8, 4) is 0 Å². The average molecular weight is 801 g/mol. The van der Waals surface area contributed by atoms with E-state index in [0.29, 0.717) is 0 Å². The molecule has 3 aliphatic heterocycles. The van der Waals surface area contributed by atoms with Crippen molar-refractivity contribution in [2.24, 2.45) is 0 Å². The number of nitrogens with one attached hydrogen (secondary N) is 4. The molecule has 0 saturated heterocycles. The molecule has 3 aliphatic rings. The highest BCUT2D eigenvalue weighted by Crippen LogP contribution is 2.41. The van der Waals surface area contributed by atoms with Crippen LogP contribution in [0.3, 0.4) is 0 Å². The van der Waals surface area contributed by atoms with Crippen LogP contribution in [0.25, 0.3) is 0 Å². The van der Waals surface area contributed by atoms with E-state index in [2.05, 4.69) is 44.9 Å². The van der Waals surface area contributed by atoms with Crippen LogP contribution in [0.15, 0.2) is 146 Å². The van der Waals surface area contributed by atoms with Crippen LogP contribution in [0.1, 0.15) is 110 Å². The van der Waals surface area contributed by atoms with Crippen LogP contribution in [-0.2, 0) is 0 Å². The van der Waals surface area contributed by atoms with Crippen molar-refractivity contribution in [3.05, 3.63) is 213 Å². The van der Waals surface area contributed by atoms with Crippen molar-refractivity contribution >= 4 is 23.9 Å². The summed E-state index contributed by atoms with van der Waals surface area (Å²) in [6, 6.07) is 34.7. The topological polar surface area (TPSA) is 205 Å². The molecule has 0 fully saturated rings. The summed E-state index contributed by atoms with van der Waals surface area (Å²) in [6.45, 7) is 0. The summed E-state index contributed by atoms with van der Waals surface area (Å²) in [5, 5.41) is 46.6. The first-order chi connectivity index (χ1) is 29.0. The molecule has 0 aliphatic carbocycles. The number of carboxylic acid groups (broad SMARTS) is 4. The third-order valence-electron chi connectivity index (χ3n) is 12.1. The smallest absolute Gasteiger partial charge is 0.335 e. The van der Waals surface area contributed by atoms with E-state index in [1.54, 1.807) is 48.5 Å². The van der Waals surface area contributed by atoms with Gasteiger partial charge in [-0.1, -0.05) is 72.8 Å². The fourth-order valence-electron chi connectivity index (χ4n) is 9.21. The molecule has 0 saturated carbocycles. The Kier molecular flexibility index (Phi) is 9.87. The number of H-pyrrole nitrogens is 2. The summed E-state index contributed by atoms with van der Waals surface area (Å²) < 4.78 is 0. The Bertz CT molecular complexity index is 2300. The Balaban J connectivity index is 1.21. The van der Waals surface area contributed by atoms with Gasteiger partial charge in [0.25, 0.3) is 0 Å². The molecule has 5 heterocycles. The number of hydrogen-bond donors (Lipinski definition) is 8. The fourth-order valence-corrected chi connectivity index (χ4v) is 9.21. The van der Waals surface area contributed by atoms with Gasteiger partial charge in [0.15, 0.2) is 0 Å². The minimum Gasteiger partial charge on any atom is -0.478 e. The Labute approximate surface area is 344 Å². The zero-order valence-electron chi connectivity index (χ0n) is 31.9. The van der Waals surface area contributed by atoms with Gasteiger partial charge in [0.2, 0.25) is 0 Å². The monoisotopic (exact) mass is 800 g/mol. The second-order valence-electron chi connectivity index (χ2n) is 15.6. The van der Waals surface area contributed by atoms with Crippen LogP contribution in [0.2, 0.25) is 0 Å². The van der Waals surface area contributed by atoms with Crippen LogP contribution in [0.4, 0.5) is 0 Å². The zero-order valence-corrected chi connectivity index (χ0v) is 31.9. The number of aromatic carboxylic acids is 4. The minimum atomic E-state index is -1.02. The van der Waals surface area contributed by atoms with E-state index in [1.165, 1.54) is 0 Å². The number of benzene rings is 4. The molecule has 9 rings (SSSR count). The molecule has 8 bridgehead atoms. The number of aromatic nitrogens is 2. The van der Waals surface area contributed by atoms with Crippen LogP contribution >= 0.6 is 0 Å². The Morgan fingerprint density at radius 3 is 0.700 bits per heavy atom. The van der Waals surface area contributed by atoms with E-state index in [4.69, 9.17) is 0 Å². The fraction of sp³-hybridized carbons (Fsp3) is 0.167. The molecule has 60 heavy (non-hydrogen) atoms. The molecule has 4 aromatic carbocycles. The molecule has 0 radical (unpaired) electrons. The SMILES string of the molecule is O=C(O)c1ccc(C2c3ccc([nH]3)C(c3ccc(C(=O)O)cc3)C3C=CC(N3)C(c3ccc(C(=O)O)cc3)c3ccc([nH]3)C(c3ccc(C(=O)O)cc3)C3C=CC2N3)cc1. The highest BCUT2D eigenvalue weighted by Gasteiger charge is 2.39. The van der Waals surface area contributed by atoms with Gasteiger partial charge in [0.1, 0.15) is 0 Å². The number of fused-ring (bicyclic) bond motifs is 8. The van der Waals surface area contributed by atoms with Gasteiger partial charge in [0.05, 0.1) is 22.3 Å². The molecule has 2 aromatic heterocycles. The standard InChI is InChI=1S/C48H40N4O8/c53-45(54)29-9-1-25(2-10-29)41-33-17-19-35(49-33)42(26-3-11-30(12-4-26)46(55)56)37-21-23-39(51-37)44(28-7-15-32(16-8-28)48(59)60)40-24-22-38(52-40)43(36-20-18-34(41)50-36)27-5-13-31(14-6-27)47(57)58/h1-24,33,35,38,40-44,49-52H,(H,53,54)(H,55,56)(H,57,58)(H,59,60). The molecule has 0 spiro atoms. The Morgan fingerprint density at radius 2 is 0.517 bits per heavy atom. The quantitative estimate of drug-likeness (QED) is 0.0729. The zero-order chi connectivity index (χ0) is 41.7. The minimum absolute atomic E-state index is 0.175. The van der Waals surface area contributed by atoms with Gasteiger partial charge in [-0.05, 0) is 95.1 Å². The van der Waals surface area contributed by atoms with Crippen molar-refractivity contribution in [2.75, 3.05) is 0 Å². The van der Waals surface area contributed by atoms with Gasteiger partial charge >= 0.3 is 23.9 Å². The molecule has 8 atom stereocenters. The molecular weight excluding hydrogens is 761 g/mol. The summed E-state index contributed by atoms with van der Waals surface area (Å²) in [5.41, 5.74) is 7.79. The van der Waals surface area contributed by atoms with Gasteiger partial charge in [-0.3, -0.25) is 0 Å². The molecule has 0 amide bonds. The second-order valence-corrected chi connectivity index (χ2v) is 15.6. The van der Waals surface area contributed by atoms with E-state index in [1.807, 2.05) is 72.8 Å². The van der Waals surface area contributed by atoms with E-state index in [0.717, 1.165) is 45.0 Å². The molecule has 300 valence electrons. The maximum Gasteiger partial charge on any atom is 0.335 e. The molecule has 12 heteroatoms. The molecule has 6 aromatic rings. The average Bonchev–Trinajstić information content (AvgIpc) is 4.10. The highest BCUT2D eigenvalue weighted by molar-refractivity contribution is 5.89. The predicted molar refractivity (Wildman–Crippen MR) is 222 cm³/mol. The number of aromatic amines is 2. The number of rotatable bonds is 8. The van der Waals surface area contributed by atoms with E-state index in [9.17, 15) is 39.6 Å². The van der Waals surface area contributed by atoms with Crippen molar-refractivity contribution < 1.29 is 39.6 Å². The summed E-state index contributed by atoms with van der Waals surface area (Å²) in [7, 11) is 0. The lowest BCUT2D eigenvalue weighted by atomic mass is 9.87. The third-order valence-corrected chi connectivity index (χ3v) is 12.1. The molecular formula is C48H40N4O8. The number of carboxylic acids is 4. The van der Waals surface area contributed by atoms with Gasteiger partial charge < -0.3 is 41.0 Å². The summed E-state index contributed by atoms with van der Waals surface area (Å²) in [6.07, 6.45) is 8.51. The summed E-state index contributed by atoms with van der Waals surface area (Å²) >= 11 is 0.